The number of carbonyl (C=O) groups excluding carboxylic acids is 2. The van der Waals surface area contributed by atoms with Gasteiger partial charge in [-0.05, 0) is 25.0 Å². The van der Waals surface area contributed by atoms with E-state index in [2.05, 4.69) is 15.2 Å². The van der Waals surface area contributed by atoms with Crippen LogP contribution in [0.3, 0.4) is 0 Å². The minimum atomic E-state index is -0.197. The number of amides is 2. The average molecular weight is 332 g/mol. The molecule has 0 aromatic carbocycles. The number of likely N-dealkylation sites (tertiary alicyclic amines) is 1. The molecule has 7 heteroatoms. The van der Waals surface area contributed by atoms with Gasteiger partial charge in [-0.3, -0.25) is 9.59 Å². The van der Waals surface area contributed by atoms with Crippen LogP contribution in [0.1, 0.15) is 25.7 Å². The molecule has 0 atom stereocenters. The van der Waals surface area contributed by atoms with Crippen molar-refractivity contribution in [3.63, 3.8) is 0 Å². The fourth-order valence-corrected chi connectivity index (χ4v) is 3.03. The van der Waals surface area contributed by atoms with Crippen LogP contribution in [0.25, 0.3) is 0 Å². The molecule has 2 saturated heterocycles. The van der Waals surface area contributed by atoms with Crippen molar-refractivity contribution in [2.75, 3.05) is 49.6 Å². The van der Waals surface area contributed by atoms with Gasteiger partial charge < -0.3 is 19.9 Å². The van der Waals surface area contributed by atoms with E-state index in [-0.39, 0.29) is 18.4 Å². The predicted molar refractivity (Wildman–Crippen MR) is 90.9 cm³/mol. The molecule has 2 aliphatic rings. The summed E-state index contributed by atoms with van der Waals surface area (Å²) in [5, 5.41) is 2.77. The Labute approximate surface area is 142 Å². The topological polar surface area (TPSA) is 74.8 Å². The minimum absolute atomic E-state index is 0.0678. The molecule has 1 aromatic rings. The van der Waals surface area contributed by atoms with Crippen LogP contribution in [0.15, 0.2) is 18.3 Å². The standard InChI is InChI=1S/C17H24N4O3/c22-16(13-21-7-3-1-2-4-17(21)23)19-15-6-5-14(12-18-15)20-8-10-24-11-9-20/h5-6,12H,1-4,7-11,13H2,(H,18,19,22). The van der Waals surface area contributed by atoms with Crippen molar-refractivity contribution in [3.05, 3.63) is 18.3 Å². The molecule has 0 bridgehead atoms. The number of pyridine rings is 1. The number of hydrogen-bond acceptors (Lipinski definition) is 5. The van der Waals surface area contributed by atoms with E-state index in [1.165, 1.54) is 0 Å². The van der Waals surface area contributed by atoms with Crippen molar-refractivity contribution >= 4 is 23.3 Å². The van der Waals surface area contributed by atoms with Crippen molar-refractivity contribution in [3.8, 4) is 0 Å². The van der Waals surface area contributed by atoms with Crippen LogP contribution >= 0.6 is 0 Å². The fourth-order valence-electron chi connectivity index (χ4n) is 3.03. The maximum Gasteiger partial charge on any atom is 0.245 e. The minimum Gasteiger partial charge on any atom is -0.378 e. The van der Waals surface area contributed by atoms with Crippen molar-refractivity contribution < 1.29 is 14.3 Å². The van der Waals surface area contributed by atoms with E-state index < -0.39 is 0 Å². The zero-order valence-corrected chi connectivity index (χ0v) is 13.9. The second-order valence-electron chi connectivity index (χ2n) is 6.18. The summed E-state index contributed by atoms with van der Waals surface area (Å²) in [7, 11) is 0. The lowest BCUT2D eigenvalue weighted by Crippen LogP contribution is -2.37. The molecule has 3 heterocycles. The van der Waals surface area contributed by atoms with E-state index in [1.54, 1.807) is 17.2 Å². The van der Waals surface area contributed by atoms with Gasteiger partial charge in [-0.25, -0.2) is 4.98 Å². The molecule has 1 N–H and O–H groups in total. The van der Waals surface area contributed by atoms with Crippen LogP contribution in [0.2, 0.25) is 0 Å². The Balaban J connectivity index is 1.53. The van der Waals surface area contributed by atoms with Crippen molar-refractivity contribution in [1.82, 2.24) is 9.88 Å². The lowest BCUT2D eigenvalue weighted by Gasteiger charge is -2.28. The number of morpholine rings is 1. The highest BCUT2D eigenvalue weighted by Crippen LogP contribution is 2.16. The summed E-state index contributed by atoms with van der Waals surface area (Å²) >= 11 is 0. The summed E-state index contributed by atoms with van der Waals surface area (Å²) in [6.45, 7) is 3.92. The van der Waals surface area contributed by atoms with Gasteiger partial charge in [0.1, 0.15) is 5.82 Å². The molecule has 2 aliphatic heterocycles. The lowest BCUT2D eigenvalue weighted by molar-refractivity contribution is -0.134. The lowest BCUT2D eigenvalue weighted by atomic mass is 10.2. The number of carbonyl (C=O) groups is 2. The maximum absolute atomic E-state index is 12.2. The molecule has 0 aliphatic carbocycles. The van der Waals surface area contributed by atoms with Crippen LogP contribution in [-0.2, 0) is 14.3 Å². The number of anilines is 2. The Morgan fingerprint density at radius 2 is 2.00 bits per heavy atom. The quantitative estimate of drug-likeness (QED) is 0.898. The SMILES string of the molecule is O=C(CN1CCCCCC1=O)Nc1ccc(N2CCOCC2)cn1. The van der Waals surface area contributed by atoms with E-state index in [0.717, 1.165) is 51.3 Å². The number of aromatic nitrogens is 1. The summed E-state index contributed by atoms with van der Waals surface area (Å²) in [6, 6.07) is 3.75. The van der Waals surface area contributed by atoms with Crippen molar-refractivity contribution in [1.29, 1.82) is 0 Å². The van der Waals surface area contributed by atoms with Crippen LogP contribution in [-0.4, -0.2) is 61.1 Å². The average Bonchev–Trinajstić information content (AvgIpc) is 2.81. The smallest absolute Gasteiger partial charge is 0.245 e. The van der Waals surface area contributed by atoms with Crippen LogP contribution in [0, 0.1) is 0 Å². The first-order valence-electron chi connectivity index (χ1n) is 8.59. The third kappa shape index (κ3) is 4.44. The van der Waals surface area contributed by atoms with E-state index in [9.17, 15) is 9.59 Å². The van der Waals surface area contributed by atoms with Gasteiger partial charge in [0.2, 0.25) is 11.8 Å². The van der Waals surface area contributed by atoms with E-state index in [1.807, 2.05) is 6.07 Å². The van der Waals surface area contributed by atoms with Crippen molar-refractivity contribution in [2.45, 2.75) is 25.7 Å². The zero-order chi connectivity index (χ0) is 16.8. The molecular weight excluding hydrogens is 308 g/mol. The van der Waals surface area contributed by atoms with Gasteiger partial charge in [0.05, 0.1) is 31.6 Å². The molecule has 3 rings (SSSR count). The number of rotatable bonds is 4. The normalized spacial score (nSPS) is 19.1. The van der Waals surface area contributed by atoms with Gasteiger partial charge in [0.25, 0.3) is 0 Å². The Kier molecular flexibility index (Phi) is 5.63. The zero-order valence-electron chi connectivity index (χ0n) is 13.9. The predicted octanol–water partition coefficient (Wildman–Crippen LogP) is 1.26. The molecule has 2 amide bonds. The van der Waals surface area contributed by atoms with Gasteiger partial charge in [-0.2, -0.15) is 0 Å². The van der Waals surface area contributed by atoms with Crippen LogP contribution in [0.4, 0.5) is 11.5 Å². The van der Waals surface area contributed by atoms with Gasteiger partial charge in [-0.15, -0.1) is 0 Å². The molecule has 2 fully saturated rings. The maximum atomic E-state index is 12.2. The van der Waals surface area contributed by atoms with Gasteiger partial charge in [0, 0.05) is 26.1 Å². The molecule has 0 unspecified atom stereocenters. The van der Waals surface area contributed by atoms with Crippen molar-refractivity contribution in [2.24, 2.45) is 0 Å². The molecule has 130 valence electrons. The van der Waals surface area contributed by atoms with Gasteiger partial charge >= 0.3 is 0 Å². The summed E-state index contributed by atoms with van der Waals surface area (Å²) in [5.74, 6) is 0.384. The summed E-state index contributed by atoms with van der Waals surface area (Å²) in [4.78, 5) is 32.2. The first-order valence-corrected chi connectivity index (χ1v) is 8.59. The van der Waals surface area contributed by atoms with E-state index in [0.29, 0.717) is 18.8 Å². The first-order chi connectivity index (χ1) is 11.7. The van der Waals surface area contributed by atoms with Gasteiger partial charge in [0.15, 0.2) is 0 Å². The third-order valence-electron chi connectivity index (χ3n) is 4.40. The summed E-state index contributed by atoms with van der Waals surface area (Å²) in [6.07, 6.45) is 5.24. The Morgan fingerprint density at radius 1 is 1.17 bits per heavy atom. The monoisotopic (exact) mass is 332 g/mol. The highest BCUT2D eigenvalue weighted by atomic mass is 16.5. The summed E-state index contributed by atoms with van der Waals surface area (Å²) < 4.78 is 5.34. The Morgan fingerprint density at radius 3 is 2.75 bits per heavy atom. The second kappa shape index (κ2) is 8.10. The molecule has 24 heavy (non-hydrogen) atoms. The first kappa shape index (κ1) is 16.7. The Hall–Kier alpha value is -2.15. The largest absolute Gasteiger partial charge is 0.378 e. The molecule has 0 spiro atoms. The number of nitrogens with zero attached hydrogens (tertiary/aromatic N) is 3. The molecule has 0 saturated carbocycles. The van der Waals surface area contributed by atoms with E-state index in [4.69, 9.17) is 4.74 Å². The fraction of sp³-hybridized carbons (Fsp3) is 0.588. The van der Waals surface area contributed by atoms with E-state index >= 15 is 0 Å². The second-order valence-corrected chi connectivity index (χ2v) is 6.18. The Bertz CT molecular complexity index is 570. The molecule has 0 radical (unpaired) electrons. The summed E-state index contributed by atoms with van der Waals surface area (Å²) in [5.41, 5.74) is 1.03. The molecule has 1 aromatic heterocycles. The van der Waals surface area contributed by atoms with Crippen LogP contribution < -0.4 is 10.2 Å². The molecular formula is C17H24N4O3. The number of hydrogen-bond donors (Lipinski definition) is 1. The van der Waals surface area contributed by atoms with Gasteiger partial charge in [-0.1, -0.05) is 6.42 Å². The highest BCUT2D eigenvalue weighted by Gasteiger charge is 2.19. The number of ether oxygens (including phenoxy) is 1. The number of nitrogens with one attached hydrogen (secondary N) is 1. The molecule has 7 nitrogen and oxygen atoms in total. The third-order valence-corrected chi connectivity index (χ3v) is 4.40. The highest BCUT2D eigenvalue weighted by molar-refractivity contribution is 5.93. The van der Waals surface area contributed by atoms with Crippen LogP contribution in [0.5, 0.6) is 0 Å².